The second kappa shape index (κ2) is 26.8. The van der Waals surface area contributed by atoms with Crippen molar-refractivity contribution in [3.8, 4) is 0 Å². The molecule has 7 rings (SSSR count). The standard InChI is InChI=1S/C48H63ClN10O11S/c1-32-28-48(31-70-32)12-16-58(17-13-48)38-30-53-46(44(50)56-38)71-37-7-3-6-35(43(37)49)55-40(61)11-10-39(60)52-15-19-66-21-23-68-25-27-69-26-24-67-22-20-65-18-14-51-34-5-2-4-33-29-54-59(47(64)42(33)34)36-8-9-41(62)57-45(36)63/h2-7,29-30,32,36,51H,8-28,31H2,1H3,(H2,50,56)(H,52,60)(H,55,61)(H,57,62,63)/t32-,36?/m0/s1. The Kier molecular flexibility index (Phi) is 20.2. The Hall–Kier alpha value is -5.46. The lowest BCUT2D eigenvalue weighted by atomic mass is 9.77. The summed E-state index contributed by atoms with van der Waals surface area (Å²) in [6.45, 7) is 9.14. The average Bonchev–Trinajstić information content (AvgIpc) is 3.72. The number of hydrogen-bond donors (Lipinski definition) is 5. The molecule has 4 amide bonds. The number of nitrogen functional groups attached to an aromatic ring is 1. The van der Waals surface area contributed by atoms with Gasteiger partial charge in [-0.15, -0.1) is 0 Å². The van der Waals surface area contributed by atoms with Crippen molar-refractivity contribution < 1.29 is 47.6 Å². The fourth-order valence-electron chi connectivity index (χ4n) is 8.53. The minimum Gasteiger partial charge on any atom is -0.382 e. The average molecular weight is 1020 g/mol. The summed E-state index contributed by atoms with van der Waals surface area (Å²) in [4.78, 5) is 74.5. The van der Waals surface area contributed by atoms with Crippen LogP contribution in [0.25, 0.3) is 10.8 Å². The van der Waals surface area contributed by atoms with Crippen LogP contribution in [-0.2, 0) is 47.6 Å². The number of amides is 4. The second-order valence-corrected chi connectivity index (χ2v) is 18.9. The Morgan fingerprint density at radius 3 is 2.18 bits per heavy atom. The molecule has 3 fully saturated rings. The first kappa shape index (κ1) is 53.3. The number of nitrogens with two attached hydrogens (primary N) is 1. The third kappa shape index (κ3) is 15.5. The van der Waals surface area contributed by atoms with E-state index < -0.39 is 17.5 Å². The maximum Gasteiger partial charge on any atom is 0.277 e. The molecule has 4 aromatic rings. The highest BCUT2D eigenvalue weighted by molar-refractivity contribution is 7.99. The van der Waals surface area contributed by atoms with Crippen molar-refractivity contribution in [3.05, 3.63) is 64.2 Å². The maximum absolute atomic E-state index is 13.3. The van der Waals surface area contributed by atoms with Gasteiger partial charge in [0.15, 0.2) is 5.82 Å². The lowest BCUT2D eigenvalue weighted by molar-refractivity contribution is -0.136. The summed E-state index contributed by atoms with van der Waals surface area (Å²) in [6.07, 6.45) is 7.11. The topological polar surface area (TPSA) is 262 Å². The summed E-state index contributed by atoms with van der Waals surface area (Å²) >= 11 is 7.96. The van der Waals surface area contributed by atoms with E-state index in [1.165, 1.54) is 11.8 Å². The predicted octanol–water partition coefficient (Wildman–Crippen LogP) is 3.98. The van der Waals surface area contributed by atoms with E-state index >= 15 is 0 Å². The Bertz CT molecular complexity index is 2510. The van der Waals surface area contributed by atoms with E-state index in [0.717, 1.165) is 49.5 Å². The molecule has 3 aliphatic rings. The number of nitrogens with zero attached hydrogens (tertiary/aromatic N) is 5. The van der Waals surface area contributed by atoms with Crippen LogP contribution in [0.1, 0.15) is 57.9 Å². The molecule has 0 bridgehead atoms. The summed E-state index contributed by atoms with van der Waals surface area (Å²) in [5, 5.41) is 17.1. The quantitative estimate of drug-likeness (QED) is 0.0418. The normalized spacial score (nSPS) is 17.7. The van der Waals surface area contributed by atoms with Gasteiger partial charge in [0.2, 0.25) is 17.7 Å². The molecule has 384 valence electrons. The number of piperidine rings is 2. The third-order valence-electron chi connectivity index (χ3n) is 12.3. The molecule has 21 nitrogen and oxygen atoms in total. The van der Waals surface area contributed by atoms with E-state index in [9.17, 15) is 24.0 Å². The number of nitrogens with one attached hydrogen (secondary N) is 4. The molecule has 6 N–H and O–H groups in total. The Morgan fingerprint density at radius 2 is 1.52 bits per heavy atom. The highest BCUT2D eigenvalue weighted by Crippen LogP contribution is 2.43. The van der Waals surface area contributed by atoms with Crippen molar-refractivity contribution in [2.75, 3.05) is 120 Å². The molecule has 2 aromatic heterocycles. The van der Waals surface area contributed by atoms with E-state index in [2.05, 4.69) is 48.2 Å². The van der Waals surface area contributed by atoms with Gasteiger partial charge in [-0.1, -0.05) is 41.6 Å². The summed E-state index contributed by atoms with van der Waals surface area (Å²) in [6, 6.07) is 9.81. The van der Waals surface area contributed by atoms with E-state index in [1.54, 1.807) is 36.7 Å². The number of carbonyl (C=O) groups excluding carboxylic acids is 4. The Labute approximate surface area is 420 Å². The molecule has 0 saturated carbocycles. The van der Waals surface area contributed by atoms with Crippen LogP contribution in [-0.4, -0.2) is 148 Å². The van der Waals surface area contributed by atoms with E-state index in [-0.39, 0.29) is 48.8 Å². The number of fused-ring (bicyclic) bond motifs is 1. The molecule has 0 aliphatic carbocycles. The largest absolute Gasteiger partial charge is 0.382 e. The van der Waals surface area contributed by atoms with Gasteiger partial charge in [-0.05, 0) is 56.2 Å². The van der Waals surface area contributed by atoms with Crippen molar-refractivity contribution in [3.63, 3.8) is 0 Å². The zero-order valence-electron chi connectivity index (χ0n) is 39.9. The van der Waals surface area contributed by atoms with Crippen molar-refractivity contribution in [1.82, 2.24) is 30.4 Å². The molecule has 23 heteroatoms. The monoisotopic (exact) mass is 1020 g/mol. The van der Waals surface area contributed by atoms with Crippen LogP contribution >= 0.6 is 23.4 Å². The molecule has 5 heterocycles. The number of aromatic nitrogens is 4. The van der Waals surface area contributed by atoms with Gasteiger partial charge in [-0.2, -0.15) is 5.10 Å². The van der Waals surface area contributed by atoms with E-state index in [4.69, 9.17) is 45.8 Å². The first-order chi connectivity index (χ1) is 34.5. The molecule has 3 saturated heterocycles. The van der Waals surface area contributed by atoms with Crippen LogP contribution in [0, 0.1) is 5.41 Å². The number of anilines is 4. The number of rotatable bonds is 27. The molecule has 0 radical (unpaired) electrons. The molecular formula is C48H63ClN10O11S. The number of imide groups is 1. The molecule has 3 aliphatic heterocycles. The highest BCUT2D eigenvalue weighted by atomic mass is 35.5. The van der Waals surface area contributed by atoms with E-state index in [1.807, 2.05) is 12.1 Å². The van der Waals surface area contributed by atoms with Crippen molar-refractivity contribution in [2.45, 2.75) is 73.9 Å². The zero-order valence-corrected chi connectivity index (χ0v) is 41.5. The van der Waals surface area contributed by atoms with Crippen LogP contribution in [0.4, 0.5) is 23.0 Å². The number of benzene rings is 2. The van der Waals surface area contributed by atoms with Gasteiger partial charge in [0, 0.05) is 61.4 Å². The summed E-state index contributed by atoms with van der Waals surface area (Å²) in [7, 11) is 0. The van der Waals surface area contributed by atoms with Crippen molar-refractivity contribution in [2.24, 2.45) is 5.41 Å². The summed E-state index contributed by atoms with van der Waals surface area (Å²) < 4.78 is 34.8. The minimum absolute atomic E-state index is 0.00237. The van der Waals surface area contributed by atoms with E-state index in [0.29, 0.717) is 128 Å². The SMILES string of the molecule is C[C@H]1CC2(CCN(c3cnc(Sc4cccc(NC(=O)CCC(=O)NCCOCCOCCOCCOCCOCCNc5cccc6cnn(C7CCC(=O)NC7=O)c(=O)c56)c4Cl)c(N)n3)CC2)CO1. The lowest BCUT2D eigenvalue weighted by Crippen LogP contribution is -2.45. The molecular weight excluding hydrogens is 960 g/mol. The predicted molar refractivity (Wildman–Crippen MR) is 267 cm³/mol. The number of carbonyl (C=O) groups is 4. The van der Waals surface area contributed by atoms with Gasteiger partial charge in [0.1, 0.15) is 16.9 Å². The smallest absolute Gasteiger partial charge is 0.277 e. The second-order valence-electron chi connectivity index (χ2n) is 17.5. The molecule has 1 spiro atoms. The number of halogens is 1. The Morgan fingerprint density at radius 1 is 0.873 bits per heavy atom. The zero-order chi connectivity index (χ0) is 50.0. The van der Waals surface area contributed by atoms with Crippen LogP contribution in [0.3, 0.4) is 0 Å². The maximum atomic E-state index is 13.3. The van der Waals surface area contributed by atoms with Gasteiger partial charge in [-0.3, -0.25) is 29.3 Å². The van der Waals surface area contributed by atoms with Gasteiger partial charge in [0.05, 0.1) is 107 Å². The molecule has 2 aromatic carbocycles. The molecule has 71 heavy (non-hydrogen) atoms. The third-order valence-corrected chi connectivity index (χ3v) is 13.9. The van der Waals surface area contributed by atoms with Crippen LogP contribution in [0.5, 0.6) is 0 Å². The minimum atomic E-state index is -0.844. The lowest BCUT2D eigenvalue weighted by Gasteiger charge is -2.38. The van der Waals surface area contributed by atoms with Crippen molar-refractivity contribution >= 4 is 80.8 Å². The molecule has 2 atom stereocenters. The fourth-order valence-corrected chi connectivity index (χ4v) is 9.63. The van der Waals surface area contributed by atoms with Crippen molar-refractivity contribution in [1.29, 1.82) is 0 Å². The fraction of sp³-hybridized carbons (Fsp3) is 0.542. The summed E-state index contributed by atoms with van der Waals surface area (Å²) in [5.74, 6) is -0.472. The molecule has 1 unspecified atom stereocenters. The van der Waals surface area contributed by atoms with Crippen LogP contribution in [0.2, 0.25) is 5.02 Å². The Balaban J connectivity index is 0.657. The van der Waals surface area contributed by atoms with Gasteiger partial charge >= 0.3 is 0 Å². The summed E-state index contributed by atoms with van der Waals surface area (Å²) in [5.41, 5.74) is 7.22. The highest BCUT2D eigenvalue weighted by Gasteiger charge is 2.41. The van der Waals surface area contributed by atoms with Crippen LogP contribution < -0.4 is 37.5 Å². The van der Waals surface area contributed by atoms with Crippen LogP contribution in [0.15, 0.2) is 63.5 Å². The first-order valence-electron chi connectivity index (χ1n) is 24.0. The number of hydrogen-bond acceptors (Lipinski definition) is 18. The number of ether oxygens (including phenoxy) is 6. The first-order valence-corrected chi connectivity index (χ1v) is 25.2. The van der Waals surface area contributed by atoms with Gasteiger partial charge < -0.3 is 55.0 Å². The van der Waals surface area contributed by atoms with Gasteiger partial charge in [-0.25, -0.2) is 14.6 Å². The van der Waals surface area contributed by atoms with Gasteiger partial charge in [0.25, 0.3) is 11.5 Å².